The fourth-order valence-corrected chi connectivity index (χ4v) is 4.61. The zero-order chi connectivity index (χ0) is 22.3. The first-order valence-electron chi connectivity index (χ1n) is 11.8. The molecule has 170 valence electrons. The maximum Gasteiger partial charge on any atom is 0.305 e. The highest BCUT2D eigenvalue weighted by Gasteiger charge is 2.27. The van der Waals surface area contributed by atoms with E-state index in [9.17, 15) is 4.79 Å². The Morgan fingerprint density at radius 2 is 2.16 bits per heavy atom. The molecule has 2 aromatic heterocycles. The van der Waals surface area contributed by atoms with Gasteiger partial charge in [-0.25, -0.2) is 0 Å². The maximum absolute atomic E-state index is 11.6. The van der Waals surface area contributed by atoms with Crippen molar-refractivity contribution in [1.82, 2.24) is 9.97 Å². The first kappa shape index (κ1) is 22.2. The lowest BCUT2D eigenvalue weighted by atomic mass is 9.80. The van der Waals surface area contributed by atoms with Gasteiger partial charge in [-0.1, -0.05) is 6.42 Å². The van der Waals surface area contributed by atoms with E-state index in [-0.39, 0.29) is 5.97 Å². The largest absolute Gasteiger partial charge is 0.492 e. The molecule has 1 saturated carbocycles. The van der Waals surface area contributed by atoms with Crippen molar-refractivity contribution in [3.8, 4) is 17.1 Å². The zero-order valence-corrected chi connectivity index (χ0v) is 19.1. The van der Waals surface area contributed by atoms with Crippen molar-refractivity contribution in [2.45, 2.75) is 58.8 Å². The van der Waals surface area contributed by atoms with Crippen LogP contribution < -0.4 is 4.74 Å². The number of aromatic amines is 2. The lowest BCUT2D eigenvalue weighted by molar-refractivity contribution is -0.143. The summed E-state index contributed by atoms with van der Waals surface area (Å²) in [6, 6.07) is 6.06. The monoisotopic (exact) mass is 435 g/mol. The van der Waals surface area contributed by atoms with Crippen LogP contribution in [0, 0.1) is 5.92 Å². The molecule has 6 nitrogen and oxygen atoms in total. The average molecular weight is 436 g/mol. The Kier molecular flexibility index (Phi) is 7.30. The smallest absolute Gasteiger partial charge is 0.305 e. The molecule has 2 aliphatic rings. The van der Waals surface area contributed by atoms with E-state index in [1.165, 1.54) is 24.1 Å². The fraction of sp³-hybridized carbons (Fsp3) is 0.462. The summed E-state index contributed by atoms with van der Waals surface area (Å²) < 4.78 is 10.9. The van der Waals surface area contributed by atoms with Crippen LogP contribution in [0.4, 0.5) is 0 Å². The number of ether oxygens (including phenoxy) is 2. The minimum absolute atomic E-state index is 0.0848. The maximum atomic E-state index is 11.6. The molecule has 1 unspecified atom stereocenters. The number of H-pyrrole nitrogens is 2. The van der Waals surface area contributed by atoms with Crippen LogP contribution in [0.2, 0.25) is 0 Å². The summed E-state index contributed by atoms with van der Waals surface area (Å²) in [4.78, 5) is 23.2. The third-order valence-electron chi connectivity index (χ3n) is 6.09. The van der Waals surface area contributed by atoms with Gasteiger partial charge in [0, 0.05) is 24.4 Å². The Hall–Kier alpha value is -3.02. The average Bonchev–Trinajstić information content (AvgIpc) is 3.52. The third-order valence-corrected chi connectivity index (χ3v) is 6.09. The second-order valence-electron chi connectivity index (χ2n) is 8.35. The first-order valence-corrected chi connectivity index (χ1v) is 11.8. The Morgan fingerprint density at radius 1 is 1.25 bits per heavy atom. The molecule has 2 N–H and O–H groups in total. The van der Waals surface area contributed by atoms with Crippen molar-refractivity contribution in [2.24, 2.45) is 10.9 Å². The molecule has 1 fully saturated rings. The number of aromatic nitrogens is 2. The van der Waals surface area contributed by atoms with Gasteiger partial charge in [0.25, 0.3) is 0 Å². The molecule has 0 saturated heterocycles. The summed E-state index contributed by atoms with van der Waals surface area (Å²) in [5, 5.41) is 0. The van der Waals surface area contributed by atoms with Gasteiger partial charge in [0.15, 0.2) is 0 Å². The highest BCUT2D eigenvalue weighted by atomic mass is 16.5. The molecule has 4 rings (SSSR count). The number of unbranched alkanes of at least 4 members (excludes halogenated alkanes) is 1. The molecular weight excluding hydrogens is 402 g/mol. The van der Waals surface area contributed by atoms with Crippen molar-refractivity contribution >= 4 is 17.8 Å². The van der Waals surface area contributed by atoms with Crippen molar-refractivity contribution in [2.75, 3.05) is 13.2 Å². The predicted molar refractivity (Wildman–Crippen MR) is 128 cm³/mol. The molecule has 1 aliphatic heterocycles. The van der Waals surface area contributed by atoms with Crippen LogP contribution in [0.15, 0.2) is 46.7 Å². The topological polar surface area (TPSA) is 79.5 Å². The van der Waals surface area contributed by atoms with Gasteiger partial charge in [-0.3, -0.25) is 9.79 Å². The summed E-state index contributed by atoms with van der Waals surface area (Å²) in [5.41, 5.74) is 6.56. The van der Waals surface area contributed by atoms with Crippen LogP contribution in [0.3, 0.4) is 0 Å². The van der Waals surface area contributed by atoms with Crippen molar-refractivity contribution in [1.29, 1.82) is 0 Å². The lowest BCUT2D eigenvalue weighted by Gasteiger charge is -2.24. The standard InChI is InChI=1S/C26H33N3O3/c1-3-31-25-17-23(22-12-8-14-27-22)29-24(25)16-19-15-20-18(10-7-11-21(20)28-19)9-5-6-13-26(30)32-4-2/h8,12,14-18,27,29H,3-7,9-11,13H2,1-2H3. The summed E-state index contributed by atoms with van der Waals surface area (Å²) in [5.74, 6) is 1.28. The molecule has 0 spiro atoms. The number of fused-ring (bicyclic) bond motifs is 1. The highest BCUT2D eigenvalue weighted by molar-refractivity contribution is 6.05. The quantitative estimate of drug-likeness (QED) is 0.352. The van der Waals surface area contributed by atoms with Gasteiger partial charge in [0.1, 0.15) is 5.75 Å². The van der Waals surface area contributed by atoms with Gasteiger partial charge in [0.2, 0.25) is 0 Å². The number of allylic oxidation sites excluding steroid dienone is 2. The van der Waals surface area contributed by atoms with Gasteiger partial charge in [-0.05, 0) is 81.7 Å². The molecule has 2 aromatic rings. The van der Waals surface area contributed by atoms with E-state index < -0.39 is 0 Å². The molecule has 0 amide bonds. The third kappa shape index (κ3) is 5.23. The zero-order valence-electron chi connectivity index (χ0n) is 19.1. The second kappa shape index (κ2) is 10.5. The first-order chi connectivity index (χ1) is 15.7. The number of esters is 1. The van der Waals surface area contributed by atoms with Crippen molar-refractivity contribution < 1.29 is 14.3 Å². The van der Waals surface area contributed by atoms with E-state index in [0.717, 1.165) is 54.2 Å². The summed E-state index contributed by atoms with van der Waals surface area (Å²) in [6.07, 6.45) is 13.2. The number of carbonyl (C=O) groups is 1. The fourth-order valence-electron chi connectivity index (χ4n) is 4.61. The van der Waals surface area contributed by atoms with Gasteiger partial charge in [-0.15, -0.1) is 0 Å². The predicted octanol–water partition coefficient (Wildman–Crippen LogP) is 6.05. The minimum atomic E-state index is -0.0848. The Labute approximate surface area is 189 Å². The SMILES string of the molecule is CCOC(=O)CCCCC1CCCC2=NC(=Cc3[nH]c(-c4ccc[nH]4)cc3OCC)C=C21. The number of hydrogen-bond acceptors (Lipinski definition) is 4. The van der Waals surface area contributed by atoms with E-state index in [4.69, 9.17) is 14.5 Å². The van der Waals surface area contributed by atoms with Gasteiger partial charge >= 0.3 is 5.97 Å². The molecule has 1 aliphatic carbocycles. The molecule has 0 bridgehead atoms. The van der Waals surface area contributed by atoms with Gasteiger partial charge < -0.3 is 19.4 Å². The van der Waals surface area contributed by atoms with E-state index in [1.54, 1.807) is 0 Å². The number of nitrogens with one attached hydrogen (secondary N) is 2. The highest BCUT2D eigenvalue weighted by Crippen LogP contribution is 2.37. The number of hydrogen-bond donors (Lipinski definition) is 2. The summed E-state index contributed by atoms with van der Waals surface area (Å²) in [6.45, 7) is 4.92. The normalized spacial score (nSPS) is 18.9. The summed E-state index contributed by atoms with van der Waals surface area (Å²) >= 11 is 0. The van der Waals surface area contributed by atoms with E-state index in [2.05, 4.69) is 22.1 Å². The van der Waals surface area contributed by atoms with Gasteiger partial charge in [-0.2, -0.15) is 0 Å². The Morgan fingerprint density at radius 3 is 2.94 bits per heavy atom. The van der Waals surface area contributed by atoms with Crippen molar-refractivity contribution in [3.63, 3.8) is 0 Å². The van der Waals surface area contributed by atoms with E-state index >= 15 is 0 Å². The van der Waals surface area contributed by atoms with Crippen LogP contribution in [0.25, 0.3) is 17.5 Å². The van der Waals surface area contributed by atoms with Crippen LogP contribution >= 0.6 is 0 Å². The lowest BCUT2D eigenvalue weighted by Crippen LogP contribution is -2.17. The molecule has 3 heterocycles. The van der Waals surface area contributed by atoms with Crippen LogP contribution in [0.5, 0.6) is 5.75 Å². The van der Waals surface area contributed by atoms with E-state index in [1.807, 2.05) is 38.2 Å². The van der Waals surface area contributed by atoms with Crippen LogP contribution in [0.1, 0.15) is 64.5 Å². The van der Waals surface area contributed by atoms with Crippen LogP contribution in [-0.4, -0.2) is 34.9 Å². The second-order valence-corrected chi connectivity index (χ2v) is 8.35. The summed E-state index contributed by atoms with van der Waals surface area (Å²) in [7, 11) is 0. The number of carbonyl (C=O) groups excluding carboxylic acids is 1. The van der Waals surface area contributed by atoms with E-state index in [0.29, 0.717) is 25.6 Å². The van der Waals surface area contributed by atoms with Crippen molar-refractivity contribution in [3.05, 3.63) is 47.4 Å². The number of aliphatic imine (C=N–C) groups is 1. The molecule has 32 heavy (non-hydrogen) atoms. The molecular formula is C26H33N3O3. The number of nitrogens with zero attached hydrogens (tertiary/aromatic N) is 1. The molecule has 1 atom stereocenters. The molecule has 6 heteroatoms. The van der Waals surface area contributed by atoms with Crippen LogP contribution in [-0.2, 0) is 9.53 Å². The van der Waals surface area contributed by atoms with Gasteiger partial charge in [0.05, 0.1) is 36.0 Å². The minimum Gasteiger partial charge on any atom is -0.492 e. The Balaban J connectivity index is 1.46. The molecule has 0 aromatic carbocycles. The number of rotatable bonds is 10. The Bertz CT molecular complexity index is 1010. The molecule has 0 radical (unpaired) electrons.